The third kappa shape index (κ3) is 424. The van der Waals surface area contributed by atoms with Gasteiger partial charge in [-0.25, -0.2) is 0 Å². The van der Waals surface area contributed by atoms with Crippen LogP contribution in [0.3, 0.4) is 0 Å². The second-order valence-corrected chi connectivity index (χ2v) is 0. The fourth-order valence-corrected chi connectivity index (χ4v) is 0. The third-order valence-electron chi connectivity index (χ3n) is 0. The van der Waals surface area contributed by atoms with Crippen LogP contribution in [0, 0.1) is 0 Å². The van der Waals surface area contributed by atoms with Crippen LogP contribution in [-0.2, 0) is 0 Å². The van der Waals surface area contributed by atoms with Crippen LogP contribution in [0.5, 0.6) is 0 Å². The van der Waals surface area contributed by atoms with Gasteiger partial charge in [0.15, 0.2) is 243 Å². The Morgan fingerprint density at radius 3 is 0.0870 bits per heavy atom. The van der Waals surface area contributed by atoms with Crippen molar-refractivity contribution in [2.75, 3.05) is 0 Å². The van der Waals surface area contributed by atoms with Gasteiger partial charge >= 0.3 is 0 Å². The first-order valence-corrected chi connectivity index (χ1v) is 0. The molecule has 0 heterocycles. The van der Waals surface area contributed by atoms with Crippen LogP contribution >= 0.6 is 0 Å². The van der Waals surface area contributed by atoms with Gasteiger partial charge < -0.3 is 49.3 Å². The number of hydrogen-bond acceptors (Lipinski definition) is 0. The first-order valence-electron chi connectivity index (χ1n) is 0. The number of hydrogen-bond donors (Lipinski definition) is 0. The summed E-state index contributed by atoms with van der Waals surface area (Å²) in [5.74, 6) is 0. The van der Waals surface area contributed by atoms with Gasteiger partial charge in [-0.2, -0.15) is 0 Å². The molecule has 23 heavy (non-hydrogen) atoms. The Hall–Kier alpha value is 7.09. The topological polar surface area (TPSA) is 284 Å². The molecule has 156 valence electrons. The molecule has 18 N–H and O–H groups in total. The van der Waals surface area contributed by atoms with Gasteiger partial charge in [0.25, 0.3) is 0 Å². The zero-order valence-corrected chi connectivity index (χ0v) is 4.50. The molecule has 0 radical (unpaired) electrons. The fourth-order valence-electron chi connectivity index (χ4n) is 0. The van der Waals surface area contributed by atoms with Gasteiger partial charge in [0, 0.05) is 0 Å². The molecular weight excluding hydrogens is 522 g/mol. The summed E-state index contributed by atoms with van der Waals surface area (Å²) < 4.78 is 0. The molecule has 0 rings (SSSR count). The number of rotatable bonds is 0. The van der Waals surface area contributed by atoms with E-state index in [2.05, 4.69) is 0 Å². The van der Waals surface area contributed by atoms with E-state index >= 15 is 0 Å². The molecule has 0 unspecified atom stereocenters. The highest BCUT2D eigenvalue weighted by atomic mass is 27.0. The van der Waals surface area contributed by atoms with Crippen molar-refractivity contribution in [3.05, 3.63) is 0 Å². The molecule has 0 spiro atoms. The van der Waals surface area contributed by atoms with Crippen molar-refractivity contribution in [2.24, 2.45) is 0 Å². The predicted octanol–water partition coefficient (Wildman–Crippen LogP) is -24.0. The molecule has 0 aliphatic rings. The molecule has 0 aliphatic carbocycles. The second-order valence-electron chi connectivity index (χ2n) is 0. The fraction of sp³-hybridized carbons (Fsp3) is 0. The van der Waals surface area contributed by atoms with E-state index in [1.165, 1.54) is 0 Å². The van der Waals surface area contributed by atoms with E-state index in [9.17, 15) is 0 Å². The Kier molecular flexibility index (Phi) is 10000. The zero-order valence-electron chi connectivity index (χ0n) is 4.50. The van der Waals surface area contributed by atoms with Gasteiger partial charge in [-0.3, -0.25) is 0 Å². The normalized spacial score (nSPS) is 0. The van der Waals surface area contributed by atoms with E-state index in [0.717, 1.165) is 0 Å². The second kappa shape index (κ2) is 456. The molecule has 0 bridgehead atoms. The maximum atomic E-state index is 0. The monoisotopic (exact) mass is 582 g/mol. The zero-order chi connectivity index (χ0) is 0. The van der Waals surface area contributed by atoms with Crippen LogP contribution < -0.4 is 0 Å². The molecule has 0 saturated carbocycles. The molecule has 0 aromatic carbocycles. The van der Waals surface area contributed by atoms with Gasteiger partial charge in [-0.15, -0.1) is 0 Å². The van der Waals surface area contributed by atoms with Crippen LogP contribution in [0.15, 0.2) is 0 Å². The maximum absolute atomic E-state index is 0. The van der Waals surface area contributed by atoms with Crippen molar-refractivity contribution < 1.29 is 49.3 Å². The smallest absolute Gasteiger partial charge is 0.187 e. The van der Waals surface area contributed by atoms with Crippen molar-refractivity contribution in [1.29, 1.82) is 0 Å². The van der Waals surface area contributed by atoms with Crippen molar-refractivity contribution >= 4 is 243 Å². The Labute approximate surface area is 287 Å². The lowest BCUT2D eigenvalue weighted by atomic mass is 16.0. The van der Waals surface area contributed by atoms with Crippen molar-refractivity contribution in [2.45, 2.75) is 0 Å². The molecule has 0 atom stereocenters. The summed E-state index contributed by atoms with van der Waals surface area (Å²) in [5.41, 5.74) is 0. The van der Waals surface area contributed by atoms with Gasteiger partial charge in [0.2, 0.25) is 0 Å². The first-order chi connectivity index (χ1) is 0. The predicted molar refractivity (Wildman–Crippen MR) is 172 cm³/mol. The van der Waals surface area contributed by atoms with E-state index in [0.29, 0.717) is 0 Å². The molecular formula is H60Al14O9. The maximum Gasteiger partial charge on any atom is 0.187 e. The SMILES string of the molecule is O.O.O.O.O.O.O.O.O.[AlH3].[AlH3].[AlH3].[AlH3].[AlH3].[AlH3].[AlH3].[AlH3].[AlH3].[AlH3].[AlH3].[AlH3].[AlH3].[AlH3]. The molecule has 0 aromatic rings. The molecule has 0 fully saturated rings. The Morgan fingerprint density at radius 1 is 0.0870 bits per heavy atom. The largest absolute Gasteiger partial charge is 0.412 e. The van der Waals surface area contributed by atoms with Crippen LogP contribution in [0.4, 0.5) is 0 Å². The molecule has 9 nitrogen and oxygen atoms in total. The average molecular weight is 582 g/mol. The minimum Gasteiger partial charge on any atom is -0.412 e. The lowest BCUT2D eigenvalue weighted by Crippen LogP contribution is -0.382. The first kappa shape index (κ1) is 506. The molecule has 23 heteroatoms. The summed E-state index contributed by atoms with van der Waals surface area (Å²) in [7, 11) is 0. The lowest BCUT2D eigenvalue weighted by Gasteiger charge is -0.413. The molecule has 0 aliphatic heterocycles. The van der Waals surface area contributed by atoms with Crippen molar-refractivity contribution in [3.63, 3.8) is 0 Å². The summed E-state index contributed by atoms with van der Waals surface area (Å²) in [4.78, 5) is 0. The van der Waals surface area contributed by atoms with Crippen molar-refractivity contribution in [1.82, 2.24) is 0 Å². The average Bonchev–Trinajstić information content (AvgIpc) is 0. The van der Waals surface area contributed by atoms with E-state index in [4.69, 9.17) is 0 Å². The Balaban J connectivity index is 0. The summed E-state index contributed by atoms with van der Waals surface area (Å²) in [6.07, 6.45) is 0. The van der Waals surface area contributed by atoms with E-state index < -0.39 is 0 Å². The highest BCUT2D eigenvalue weighted by Crippen LogP contribution is -0.280. The van der Waals surface area contributed by atoms with Gasteiger partial charge in [0.05, 0.1) is 0 Å². The molecule has 0 aromatic heterocycles. The minimum absolute atomic E-state index is 0. The van der Waals surface area contributed by atoms with Gasteiger partial charge in [-0.1, -0.05) is 0 Å². The quantitative estimate of drug-likeness (QED) is 0.241. The standard InChI is InChI=1S/14Al.9H2O.42H/h;;;;;;;;;;;;;;9*1H2;;;;;;;;;;;;;;;;;;;;;;;;;;;;;;;;;;;;;;;;;;. The summed E-state index contributed by atoms with van der Waals surface area (Å²) in [6, 6.07) is 0. The van der Waals surface area contributed by atoms with Crippen molar-refractivity contribution in [3.8, 4) is 0 Å². The third-order valence-corrected chi connectivity index (χ3v) is 0. The minimum atomic E-state index is 0. The van der Waals surface area contributed by atoms with E-state index in [-0.39, 0.29) is 292 Å². The van der Waals surface area contributed by atoms with Gasteiger partial charge in [-0.05, 0) is 0 Å². The lowest BCUT2D eigenvalue weighted by molar-refractivity contribution is 0.823. The highest BCUT2D eigenvalue weighted by molar-refractivity contribution is 5.77. The summed E-state index contributed by atoms with van der Waals surface area (Å²) in [5, 5.41) is 0. The highest BCUT2D eigenvalue weighted by Gasteiger charge is 0.200. The van der Waals surface area contributed by atoms with Gasteiger partial charge in [0.1, 0.15) is 0 Å². The van der Waals surface area contributed by atoms with Crippen LogP contribution in [0.25, 0.3) is 0 Å². The Morgan fingerprint density at radius 2 is 0.0870 bits per heavy atom. The molecule has 0 saturated heterocycles. The molecule has 0 amide bonds. The van der Waals surface area contributed by atoms with E-state index in [1.807, 2.05) is 0 Å². The van der Waals surface area contributed by atoms with E-state index in [1.54, 1.807) is 0 Å². The van der Waals surface area contributed by atoms with Crippen LogP contribution in [0.2, 0.25) is 0 Å². The van der Waals surface area contributed by atoms with Crippen LogP contribution in [0.1, 0.15) is 0 Å². The summed E-state index contributed by atoms with van der Waals surface area (Å²) in [6.45, 7) is 0. The van der Waals surface area contributed by atoms with Crippen LogP contribution in [-0.4, -0.2) is 292 Å². The summed E-state index contributed by atoms with van der Waals surface area (Å²) >= 11 is 0. The Bertz CT molecular complexity index is 22.2.